The summed E-state index contributed by atoms with van der Waals surface area (Å²) in [6, 6.07) is 5.38. The number of nitrogens with zero attached hydrogens (tertiary/aromatic N) is 2. The molecule has 1 atom stereocenters. The summed E-state index contributed by atoms with van der Waals surface area (Å²) in [4.78, 5) is 27.8. The Morgan fingerprint density at radius 1 is 1.03 bits per heavy atom. The molecule has 2 rings (SSSR count). The third-order valence-electron chi connectivity index (χ3n) is 5.39. The maximum Gasteiger partial charge on any atom is 0.416 e. The fraction of sp³-hybridized carbons (Fsp3) is 0.417. The van der Waals surface area contributed by atoms with E-state index >= 15 is 0 Å². The van der Waals surface area contributed by atoms with Crippen molar-refractivity contribution in [1.82, 2.24) is 10.2 Å². The standard InChI is InChI=1S/C24H27Cl3F3N3O4S/c1-5-20(23(35)31-14(2)3)32(12-15-6-8-17(25)11-19(15)27)22(34)13-33(38(4,36)37)21-10-16(24(28,29)30)7-9-18(21)26/h6-11,14,20H,5,12-13H2,1-4H3,(H,31,35)/t20-/m0/s1. The lowest BCUT2D eigenvalue weighted by Gasteiger charge is -2.33. The first-order valence-corrected chi connectivity index (χ1v) is 14.3. The Morgan fingerprint density at radius 3 is 2.16 bits per heavy atom. The molecule has 7 nitrogen and oxygen atoms in total. The summed E-state index contributed by atoms with van der Waals surface area (Å²) in [5, 5.41) is 2.95. The predicted molar refractivity (Wildman–Crippen MR) is 143 cm³/mol. The number of hydrogen-bond donors (Lipinski definition) is 1. The molecule has 0 spiro atoms. The highest BCUT2D eigenvalue weighted by Gasteiger charge is 2.35. The van der Waals surface area contributed by atoms with Gasteiger partial charge in [0.15, 0.2) is 0 Å². The molecule has 1 N–H and O–H groups in total. The number of rotatable bonds is 10. The van der Waals surface area contributed by atoms with Crippen molar-refractivity contribution in [1.29, 1.82) is 0 Å². The van der Waals surface area contributed by atoms with E-state index in [-0.39, 0.29) is 29.1 Å². The topological polar surface area (TPSA) is 86.8 Å². The average Bonchev–Trinajstić information content (AvgIpc) is 2.77. The molecule has 38 heavy (non-hydrogen) atoms. The van der Waals surface area contributed by atoms with Gasteiger partial charge in [-0.1, -0.05) is 47.8 Å². The number of carbonyl (C=O) groups is 2. The summed E-state index contributed by atoms with van der Waals surface area (Å²) in [5.74, 6) is -1.36. The van der Waals surface area contributed by atoms with Crippen molar-refractivity contribution >= 4 is 62.3 Å². The molecule has 0 unspecified atom stereocenters. The molecular formula is C24H27Cl3F3N3O4S. The zero-order chi connectivity index (χ0) is 29.0. The SMILES string of the molecule is CC[C@@H](C(=O)NC(C)C)N(Cc1ccc(Cl)cc1Cl)C(=O)CN(c1cc(C(F)(F)F)ccc1Cl)S(C)(=O)=O. The van der Waals surface area contributed by atoms with E-state index in [4.69, 9.17) is 34.8 Å². The molecule has 0 fully saturated rings. The van der Waals surface area contributed by atoms with Crippen molar-refractivity contribution in [3.8, 4) is 0 Å². The number of halogens is 6. The lowest BCUT2D eigenvalue weighted by molar-refractivity contribution is -0.140. The molecule has 0 bridgehead atoms. The second-order valence-corrected chi connectivity index (χ2v) is 11.9. The molecule has 14 heteroatoms. The largest absolute Gasteiger partial charge is 0.416 e. The van der Waals surface area contributed by atoms with Crippen LogP contribution >= 0.6 is 34.8 Å². The third-order valence-corrected chi connectivity index (χ3v) is 7.43. The van der Waals surface area contributed by atoms with E-state index in [1.54, 1.807) is 26.8 Å². The van der Waals surface area contributed by atoms with Crippen LogP contribution in [0.15, 0.2) is 36.4 Å². The summed E-state index contributed by atoms with van der Waals surface area (Å²) in [5.41, 5.74) is -1.25. The highest BCUT2D eigenvalue weighted by Crippen LogP contribution is 2.36. The number of benzene rings is 2. The predicted octanol–water partition coefficient (Wildman–Crippen LogP) is 5.76. The normalized spacial score (nSPS) is 12.8. The zero-order valence-corrected chi connectivity index (χ0v) is 24.0. The molecule has 2 amide bonds. The minimum atomic E-state index is -4.79. The molecule has 0 aliphatic rings. The van der Waals surface area contributed by atoms with Crippen molar-refractivity contribution in [3.63, 3.8) is 0 Å². The number of nitrogens with one attached hydrogen (secondary N) is 1. The Balaban J connectivity index is 2.58. The average molecular weight is 617 g/mol. The van der Waals surface area contributed by atoms with E-state index in [9.17, 15) is 31.2 Å². The van der Waals surface area contributed by atoms with E-state index in [2.05, 4.69) is 5.32 Å². The fourth-order valence-corrected chi connectivity index (χ4v) is 5.20. The minimum absolute atomic E-state index is 0.151. The first kappa shape index (κ1) is 32.0. The van der Waals surface area contributed by atoms with Crippen LogP contribution in [0.4, 0.5) is 18.9 Å². The van der Waals surface area contributed by atoms with Crippen LogP contribution in [0.25, 0.3) is 0 Å². The van der Waals surface area contributed by atoms with Gasteiger partial charge >= 0.3 is 6.18 Å². The number of anilines is 1. The molecule has 0 saturated heterocycles. The highest BCUT2D eigenvalue weighted by atomic mass is 35.5. The Morgan fingerprint density at radius 2 is 1.66 bits per heavy atom. The molecule has 0 radical (unpaired) electrons. The maximum atomic E-state index is 13.6. The fourth-order valence-electron chi connectivity index (χ4n) is 3.61. The quantitative estimate of drug-likeness (QED) is 0.368. The number of alkyl halides is 3. The summed E-state index contributed by atoms with van der Waals surface area (Å²) in [6.07, 6.45) is -3.90. The van der Waals surface area contributed by atoms with Gasteiger partial charge in [-0.05, 0) is 56.2 Å². The first-order chi connectivity index (χ1) is 17.4. The Hall–Kier alpha value is -2.21. The second-order valence-electron chi connectivity index (χ2n) is 8.78. The Bertz CT molecular complexity index is 1290. The number of sulfonamides is 1. The van der Waals surface area contributed by atoms with Crippen molar-refractivity contribution < 1.29 is 31.2 Å². The molecule has 0 aromatic heterocycles. The number of amides is 2. The zero-order valence-electron chi connectivity index (χ0n) is 20.9. The third kappa shape index (κ3) is 8.39. The molecule has 0 saturated carbocycles. The molecule has 2 aromatic rings. The molecule has 210 valence electrons. The van der Waals surface area contributed by atoms with E-state index in [1.165, 1.54) is 12.1 Å². The summed E-state index contributed by atoms with van der Waals surface area (Å²) >= 11 is 18.3. The van der Waals surface area contributed by atoms with Crippen molar-refractivity contribution in [2.75, 3.05) is 17.1 Å². The van der Waals surface area contributed by atoms with Gasteiger partial charge in [-0.2, -0.15) is 13.2 Å². The minimum Gasteiger partial charge on any atom is -0.352 e. The van der Waals surface area contributed by atoms with Gasteiger partial charge in [0.1, 0.15) is 12.6 Å². The van der Waals surface area contributed by atoms with Crippen LogP contribution in [-0.4, -0.2) is 50.0 Å². The highest BCUT2D eigenvalue weighted by molar-refractivity contribution is 7.92. The summed E-state index contributed by atoms with van der Waals surface area (Å²) in [6.45, 7) is 4.00. The van der Waals surface area contributed by atoms with Gasteiger partial charge in [-0.25, -0.2) is 8.42 Å². The van der Waals surface area contributed by atoms with Crippen LogP contribution in [0.2, 0.25) is 15.1 Å². The van der Waals surface area contributed by atoms with Gasteiger partial charge in [0.25, 0.3) is 0 Å². The molecular weight excluding hydrogens is 590 g/mol. The summed E-state index contributed by atoms with van der Waals surface area (Å²) < 4.78 is 65.9. The van der Waals surface area contributed by atoms with Gasteiger partial charge < -0.3 is 10.2 Å². The maximum absolute atomic E-state index is 13.6. The van der Waals surface area contributed by atoms with Gasteiger partial charge in [-0.15, -0.1) is 0 Å². The van der Waals surface area contributed by atoms with Crippen LogP contribution in [0.3, 0.4) is 0 Å². The van der Waals surface area contributed by atoms with E-state index in [0.717, 1.165) is 17.2 Å². The van der Waals surface area contributed by atoms with Crippen LogP contribution < -0.4 is 9.62 Å². The molecule has 2 aromatic carbocycles. The Kier molecular flexibility index (Phi) is 10.7. The lowest BCUT2D eigenvalue weighted by atomic mass is 10.1. The Labute approximate surface area is 234 Å². The molecule has 0 heterocycles. The monoisotopic (exact) mass is 615 g/mol. The van der Waals surface area contributed by atoms with Gasteiger partial charge in [-0.3, -0.25) is 13.9 Å². The lowest BCUT2D eigenvalue weighted by Crippen LogP contribution is -2.53. The second kappa shape index (κ2) is 12.8. The van der Waals surface area contributed by atoms with Crippen LogP contribution in [0.1, 0.15) is 38.3 Å². The first-order valence-electron chi connectivity index (χ1n) is 11.3. The van der Waals surface area contributed by atoms with E-state index in [0.29, 0.717) is 27.0 Å². The van der Waals surface area contributed by atoms with Crippen molar-refractivity contribution in [3.05, 3.63) is 62.6 Å². The van der Waals surface area contributed by atoms with Gasteiger partial charge in [0.05, 0.1) is 22.5 Å². The van der Waals surface area contributed by atoms with Gasteiger partial charge in [0.2, 0.25) is 21.8 Å². The summed E-state index contributed by atoms with van der Waals surface area (Å²) in [7, 11) is -4.30. The van der Waals surface area contributed by atoms with Gasteiger partial charge in [0, 0.05) is 22.6 Å². The van der Waals surface area contributed by atoms with Crippen LogP contribution in [0.5, 0.6) is 0 Å². The number of carbonyl (C=O) groups excluding carboxylic acids is 2. The molecule has 0 aliphatic carbocycles. The van der Waals surface area contributed by atoms with Crippen molar-refractivity contribution in [2.24, 2.45) is 0 Å². The van der Waals surface area contributed by atoms with Crippen LogP contribution in [-0.2, 0) is 32.3 Å². The number of hydrogen-bond acceptors (Lipinski definition) is 4. The smallest absolute Gasteiger partial charge is 0.352 e. The van der Waals surface area contributed by atoms with Crippen molar-refractivity contribution in [2.45, 2.75) is 52.0 Å². The molecule has 0 aliphatic heterocycles. The van der Waals surface area contributed by atoms with E-state index in [1.807, 2.05) is 0 Å². The van der Waals surface area contributed by atoms with E-state index < -0.39 is 51.9 Å². The van der Waals surface area contributed by atoms with Crippen LogP contribution in [0, 0.1) is 0 Å².